The zero-order valence-electron chi connectivity index (χ0n) is 18.2. The lowest BCUT2D eigenvalue weighted by atomic mass is 9.69. The van der Waals surface area contributed by atoms with E-state index in [2.05, 4.69) is 12.1 Å². The van der Waals surface area contributed by atoms with Gasteiger partial charge in [0.2, 0.25) is 6.79 Å². The molecule has 32 heavy (non-hydrogen) atoms. The highest BCUT2D eigenvalue weighted by molar-refractivity contribution is 6.09. The Kier molecular flexibility index (Phi) is 5.29. The predicted molar refractivity (Wildman–Crippen MR) is 119 cm³/mol. The first-order valence-corrected chi connectivity index (χ1v) is 11.0. The monoisotopic (exact) mass is 431 g/mol. The molecule has 3 aliphatic rings. The third-order valence-electron chi connectivity index (χ3n) is 6.46. The highest BCUT2D eigenvalue weighted by Crippen LogP contribution is 2.48. The standard InChI is InChI=1S/C26H25NO5/c1-3-30-26(29)23-15(2)27-19-11-18(16-7-5-4-6-8-16)12-20(28)25(19)24(23)17-9-10-21-22(13-17)32-14-31-21/h4-10,13,18,23-24H,3,11-12,14H2,1-2H3/t18-,23?,24+/m1/s1. The van der Waals surface area contributed by atoms with Gasteiger partial charge in [-0.15, -0.1) is 0 Å². The van der Waals surface area contributed by atoms with Crippen LogP contribution in [0.5, 0.6) is 11.5 Å². The van der Waals surface area contributed by atoms with Crippen LogP contribution in [0.2, 0.25) is 0 Å². The number of Topliss-reactive ketones (excluding diaryl/α,β-unsaturated/α-hetero) is 1. The summed E-state index contributed by atoms with van der Waals surface area (Å²) >= 11 is 0. The molecular weight excluding hydrogens is 406 g/mol. The van der Waals surface area contributed by atoms with Crippen molar-refractivity contribution in [1.82, 2.24) is 0 Å². The van der Waals surface area contributed by atoms with Crippen LogP contribution in [0.25, 0.3) is 0 Å². The van der Waals surface area contributed by atoms with Crippen molar-refractivity contribution in [2.75, 3.05) is 13.4 Å². The van der Waals surface area contributed by atoms with Crippen molar-refractivity contribution in [2.45, 2.75) is 38.5 Å². The van der Waals surface area contributed by atoms with E-state index in [1.165, 1.54) is 0 Å². The van der Waals surface area contributed by atoms with Crippen LogP contribution in [0.4, 0.5) is 0 Å². The molecule has 164 valence electrons. The molecule has 6 nitrogen and oxygen atoms in total. The normalized spacial score (nSPS) is 24.1. The average Bonchev–Trinajstić information content (AvgIpc) is 3.26. The van der Waals surface area contributed by atoms with Gasteiger partial charge in [-0.1, -0.05) is 36.4 Å². The molecule has 0 aromatic heterocycles. The number of carbonyl (C=O) groups excluding carboxylic acids is 2. The van der Waals surface area contributed by atoms with Crippen LogP contribution < -0.4 is 9.47 Å². The van der Waals surface area contributed by atoms with E-state index >= 15 is 0 Å². The Morgan fingerprint density at radius 1 is 1.06 bits per heavy atom. The first-order chi connectivity index (χ1) is 15.6. The highest BCUT2D eigenvalue weighted by atomic mass is 16.7. The number of esters is 1. The van der Waals surface area contributed by atoms with Crippen molar-refractivity contribution < 1.29 is 23.8 Å². The summed E-state index contributed by atoms with van der Waals surface area (Å²) in [4.78, 5) is 31.3. The van der Waals surface area contributed by atoms with Crippen molar-refractivity contribution in [3.05, 3.63) is 70.9 Å². The third-order valence-corrected chi connectivity index (χ3v) is 6.46. The summed E-state index contributed by atoms with van der Waals surface area (Å²) in [6, 6.07) is 15.7. The number of nitrogens with zero attached hydrogens (tertiary/aromatic N) is 1. The fourth-order valence-electron chi connectivity index (χ4n) is 5.02. The lowest BCUT2D eigenvalue weighted by Crippen LogP contribution is -2.38. The minimum atomic E-state index is -0.647. The van der Waals surface area contributed by atoms with Crippen molar-refractivity contribution in [2.24, 2.45) is 10.9 Å². The second kappa shape index (κ2) is 8.26. The molecule has 5 rings (SSSR count). The molecule has 0 amide bonds. The van der Waals surface area contributed by atoms with Crippen molar-refractivity contribution in [3.8, 4) is 11.5 Å². The van der Waals surface area contributed by atoms with E-state index in [1.54, 1.807) is 6.92 Å². The molecule has 0 radical (unpaired) electrons. The summed E-state index contributed by atoms with van der Waals surface area (Å²) in [5, 5.41) is 0. The summed E-state index contributed by atoms with van der Waals surface area (Å²) in [5.74, 6) is -0.0646. The largest absolute Gasteiger partial charge is 0.465 e. The van der Waals surface area contributed by atoms with E-state index in [4.69, 9.17) is 19.2 Å². The Hall–Kier alpha value is -3.41. The quantitative estimate of drug-likeness (QED) is 0.664. The number of rotatable bonds is 4. The zero-order valence-corrected chi connectivity index (χ0v) is 18.2. The maximum absolute atomic E-state index is 13.5. The van der Waals surface area contributed by atoms with E-state index in [-0.39, 0.29) is 31.1 Å². The van der Waals surface area contributed by atoms with Crippen LogP contribution in [-0.4, -0.2) is 30.9 Å². The van der Waals surface area contributed by atoms with Crippen molar-refractivity contribution in [3.63, 3.8) is 0 Å². The van der Waals surface area contributed by atoms with Crippen LogP contribution in [-0.2, 0) is 14.3 Å². The number of fused-ring (bicyclic) bond motifs is 1. The lowest BCUT2D eigenvalue weighted by molar-refractivity contribution is -0.146. The molecule has 2 aromatic carbocycles. The maximum atomic E-state index is 13.5. The third kappa shape index (κ3) is 3.49. The smallest absolute Gasteiger partial charge is 0.315 e. The molecule has 2 aromatic rings. The number of hydrogen-bond donors (Lipinski definition) is 0. The van der Waals surface area contributed by atoms with Gasteiger partial charge in [0, 0.05) is 29.3 Å². The summed E-state index contributed by atoms with van der Waals surface area (Å²) in [6.45, 7) is 4.06. The van der Waals surface area contributed by atoms with Crippen LogP contribution in [0.3, 0.4) is 0 Å². The van der Waals surface area contributed by atoms with E-state index in [0.717, 1.165) is 16.8 Å². The van der Waals surface area contributed by atoms with Crippen molar-refractivity contribution in [1.29, 1.82) is 0 Å². The zero-order chi connectivity index (χ0) is 22.2. The van der Waals surface area contributed by atoms with Crippen molar-refractivity contribution >= 4 is 17.5 Å². The van der Waals surface area contributed by atoms with Gasteiger partial charge in [-0.2, -0.15) is 0 Å². The van der Waals surface area contributed by atoms with Gasteiger partial charge in [-0.05, 0) is 49.4 Å². The number of carbonyl (C=O) groups is 2. The highest BCUT2D eigenvalue weighted by Gasteiger charge is 2.45. The fourth-order valence-corrected chi connectivity index (χ4v) is 5.02. The van der Waals surface area contributed by atoms with Crippen LogP contribution >= 0.6 is 0 Å². The molecule has 0 N–H and O–H groups in total. The van der Waals surface area contributed by atoms with Gasteiger partial charge in [0.05, 0.1) is 6.61 Å². The van der Waals surface area contributed by atoms with Crippen LogP contribution in [0.15, 0.2) is 64.8 Å². The second-order valence-corrected chi connectivity index (χ2v) is 8.37. The van der Waals surface area contributed by atoms with E-state index in [1.807, 2.05) is 43.3 Å². The SMILES string of the molecule is CCOC(=O)C1C(C)=NC2=C(C(=O)C[C@H](c3ccccc3)C2)[C@H]1c1ccc2c(c1)OCO2. The fraction of sp³-hybridized carbons (Fsp3) is 0.346. The molecule has 0 saturated heterocycles. The van der Waals surface area contributed by atoms with E-state index in [9.17, 15) is 9.59 Å². The number of allylic oxidation sites excluding steroid dienone is 2. The maximum Gasteiger partial charge on any atom is 0.315 e. The molecule has 1 aliphatic carbocycles. The Balaban J connectivity index is 1.60. The molecular formula is C26H25NO5. The number of aliphatic imine (C=N–C) groups is 1. The summed E-state index contributed by atoms with van der Waals surface area (Å²) < 4.78 is 16.4. The summed E-state index contributed by atoms with van der Waals surface area (Å²) in [7, 11) is 0. The number of hydrogen-bond acceptors (Lipinski definition) is 6. The average molecular weight is 431 g/mol. The lowest BCUT2D eigenvalue weighted by Gasteiger charge is -2.36. The Bertz CT molecular complexity index is 1130. The minimum absolute atomic E-state index is 0.0355. The van der Waals surface area contributed by atoms with Crippen LogP contribution in [0, 0.1) is 5.92 Å². The van der Waals surface area contributed by atoms with Gasteiger partial charge >= 0.3 is 5.97 Å². The Morgan fingerprint density at radius 3 is 2.62 bits per heavy atom. The Labute approximate surface area is 186 Å². The molecule has 0 bridgehead atoms. The van der Waals surface area contributed by atoms with E-state index in [0.29, 0.717) is 35.6 Å². The topological polar surface area (TPSA) is 74.2 Å². The molecule has 1 unspecified atom stereocenters. The van der Waals surface area contributed by atoms with Gasteiger partial charge < -0.3 is 14.2 Å². The number of ketones is 1. The van der Waals surface area contributed by atoms with Gasteiger partial charge in [0.15, 0.2) is 17.3 Å². The first-order valence-electron chi connectivity index (χ1n) is 11.0. The summed E-state index contributed by atoms with van der Waals surface area (Å²) in [6.07, 6.45) is 1.06. The molecule has 2 aliphatic heterocycles. The number of benzene rings is 2. The Morgan fingerprint density at radius 2 is 1.84 bits per heavy atom. The van der Waals surface area contributed by atoms with Crippen LogP contribution in [0.1, 0.15) is 49.7 Å². The van der Waals surface area contributed by atoms with Gasteiger partial charge in [-0.25, -0.2) is 0 Å². The van der Waals surface area contributed by atoms with E-state index < -0.39 is 11.8 Å². The van der Waals surface area contributed by atoms with Gasteiger partial charge in [0.25, 0.3) is 0 Å². The molecule has 0 spiro atoms. The van der Waals surface area contributed by atoms with Gasteiger partial charge in [0.1, 0.15) is 5.92 Å². The molecule has 0 fully saturated rings. The first kappa shape index (κ1) is 20.5. The molecule has 2 heterocycles. The molecule has 6 heteroatoms. The predicted octanol–water partition coefficient (Wildman–Crippen LogP) is 4.55. The molecule has 3 atom stereocenters. The minimum Gasteiger partial charge on any atom is -0.465 e. The second-order valence-electron chi connectivity index (χ2n) is 8.37. The molecule has 0 saturated carbocycles. The number of ether oxygens (including phenoxy) is 3. The van der Waals surface area contributed by atoms with Gasteiger partial charge in [-0.3, -0.25) is 14.6 Å². The summed E-state index contributed by atoms with van der Waals surface area (Å²) in [5.41, 5.74) is 4.04.